The third-order valence-electron chi connectivity index (χ3n) is 3.72. The molecular formula is C13H16N2O4. The van der Waals surface area contributed by atoms with Gasteiger partial charge in [0.1, 0.15) is 30.7 Å². The van der Waals surface area contributed by atoms with Crippen molar-refractivity contribution < 1.29 is 19.1 Å². The second-order valence-corrected chi connectivity index (χ2v) is 4.97. The van der Waals surface area contributed by atoms with Gasteiger partial charge in [0.15, 0.2) is 0 Å². The molecule has 2 aliphatic heterocycles. The molecule has 6 heteroatoms. The second kappa shape index (κ2) is 4.70. The summed E-state index contributed by atoms with van der Waals surface area (Å²) in [5, 5.41) is 8.94. The van der Waals surface area contributed by atoms with Crippen molar-refractivity contribution in [3.05, 3.63) is 23.7 Å². The molecule has 19 heavy (non-hydrogen) atoms. The zero-order chi connectivity index (χ0) is 13.4. The summed E-state index contributed by atoms with van der Waals surface area (Å²) >= 11 is 0. The van der Waals surface area contributed by atoms with E-state index in [9.17, 15) is 9.59 Å². The Kier molecular flexibility index (Phi) is 3.02. The lowest BCUT2D eigenvalue weighted by molar-refractivity contribution is -0.154. The molecule has 2 fully saturated rings. The van der Waals surface area contributed by atoms with Crippen LogP contribution >= 0.6 is 0 Å². The van der Waals surface area contributed by atoms with Crippen molar-refractivity contribution in [1.29, 1.82) is 0 Å². The standard InChI is InChI=1S/C13H16N2O4/c16-8-10-4-3-9(19-10)6-14-7-12(17)15-5-1-2-11(15)13(14)18/h3-4,11,16H,1-2,5-8H2. The molecule has 102 valence electrons. The molecule has 1 atom stereocenters. The van der Waals surface area contributed by atoms with Crippen molar-refractivity contribution in [2.45, 2.75) is 32.0 Å². The van der Waals surface area contributed by atoms with Gasteiger partial charge in [-0.3, -0.25) is 9.59 Å². The Bertz CT molecular complexity index is 510. The molecule has 6 nitrogen and oxygen atoms in total. The van der Waals surface area contributed by atoms with Crippen molar-refractivity contribution >= 4 is 11.8 Å². The van der Waals surface area contributed by atoms with Crippen LogP contribution in [0.4, 0.5) is 0 Å². The van der Waals surface area contributed by atoms with Crippen LogP contribution in [0.15, 0.2) is 16.5 Å². The summed E-state index contributed by atoms with van der Waals surface area (Å²) < 4.78 is 5.36. The number of rotatable bonds is 3. The summed E-state index contributed by atoms with van der Waals surface area (Å²) in [7, 11) is 0. The average molecular weight is 264 g/mol. The highest BCUT2D eigenvalue weighted by atomic mass is 16.4. The van der Waals surface area contributed by atoms with Gasteiger partial charge in [-0.25, -0.2) is 0 Å². The smallest absolute Gasteiger partial charge is 0.246 e. The first-order valence-corrected chi connectivity index (χ1v) is 6.46. The fraction of sp³-hybridized carbons (Fsp3) is 0.538. The fourth-order valence-corrected chi connectivity index (χ4v) is 2.78. The number of nitrogens with zero attached hydrogens (tertiary/aromatic N) is 2. The van der Waals surface area contributed by atoms with Crippen LogP contribution in [0.5, 0.6) is 0 Å². The molecule has 0 aliphatic carbocycles. The number of furan rings is 1. The Morgan fingerprint density at radius 1 is 1.32 bits per heavy atom. The molecule has 1 aromatic heterocycles. The lowest BCUT2D eigenvalue weighted by Crippen LogP contribution is -2.56. The Morgan fingerprint density at radius 3 is 2.84 bits per heavy atom. The number of hydrogen-bond donors (Lipinski definition) is 1. The van der Waals surface area contributed by atoms with E-state index < -0.39 is 0 Å². The van der Waals surface area contributed by atoms with Crippen LogP contribution in [-0.2, 0) is 22.7 Å². The van der Waals surface area contributed by atoms with Crippen LogP contribution in [-0.4, -0.2) is 45.9 Å². The van der Waals surface area contributed by atoms with E-state index in [-0.39, 0.29) is 37.6 Å². The predicted octanol–water partition coefficient (Wildman–Crippen LogP) is 0.105. The quantitative estimate of drug-likeness (QED) is 0.840. The van der Waals surface area contributed by atoms with E-state index in [0.717, 1.165) is 12.8 Å². The number of amides is 2. The average Bonchev–Trinajstić information content (AvgIpc) is 3.04. The first-order valence-electron chi connectivity index (χ1n) is 6.46. The topological polar surface area (TPSA) is 74.0 Å². The summed E-state index contributed by atoms with van der Waals surface area (Å²) in [6, 6.07) is 3.12. The number of aliphatic hydroxyl groups is 1. The SMILES string of the molecule is O=C1C2CCCN2C(=O)CN1Cc1ccc(CO)o1. The normalized spacial score (nSPS) is 23.1. The van der Waals surface area contributed by atoms with Gasteiger partial charge < -0.3 is 19.3 Å². The summed E-state index contributed by atoms with van der Waals surface area (Å²) in [5.41, 5.74) is 0. The molecule has 0 radical (unpaired) electrons. The highest BCUT2D eigenvalue weighted by Crippen LogP contribution is 2.24. The van der Waals surface area contributed by atoms with E-state index in [1.807, 2.05) is 0 Å². The lowest BCUT2D eigenvalue weighted by Gasteiger charge is -2.35. The van der Waals surface area contributed by atoms with Gasteiger partial charge in [0.25, 0.3) is 0 Å². The third-order valence-corrected chi connectivity index (χ3v) is 3.72. The minimum atomic E-state index is -0.284. The monoisotopic (exact) mass is 264 g/mol. The highest BCUT2D eigenvalue weighted by Gasteiger charge is 2.41. The molecule has 3 heterocycles. The molecule has 0 saturated carbocycles. The molecular weight excluding hydrogens is 248 g/mol. The van der Waals surface area contributed by atoms with Gasteiger partial charge >= 0.3 is 0 Å². The summed E-state index contributed by atoms with van der Waals surface area (Å²) in [4.78, 5) is 27.4. The van der Waals surface area contributed by atoms with Crippen LogP contribution in [0.25, 0.3) is 0 Å². The number of piperazine rings is 1. The summed E-state index contributed by atoms with van der Waals surface area (Å²) in [6.45, 7) is 0.932. The number of aliphatic hydroxyl groups excluding tert-OH is 1. The van der Waals surface area contributed by atoms with E-state index >= 15 is 0 Å². The molecule has 2 amide bonds. The first-order chi connectivity index (χ1) is 9.19. The van der Waals surface area contributed by atoms with Crippen LogP contribution < -0.4 is 0 Å². The number of carbonyl (C=O) groups excluding carboxylic acids is 2. The Labute approximate surface area is 110 Å². The molecule has 3 rings (SSSR count). The Balaban J connectivity index is 1.74. The second-order valence-electron chi connectivity index (χ2n) is 4.97. The van der Waals surface area contributed by atoms with Crippen LogP contribution in [0.2, 0.25) is 0 Å². The van der Waals surface area contributed by atoms with Crippen molar-refractivity contribution in [1.82, 2.24) is 9.80 Å². The summed E-state index contributed by atoms with van der Waals surface area (Å²) in [5.74, 6) is 1.07. The van der Waals surface area contributed by atoms with Crippen LogP contribution in [0.1, 0.15) is 24.4 Å². The Hall–Kier alpha value is -1.82. The number of carbonyl (C=O) groups is 2. The zero-order valence-electron chi connectivity index (χ0n) is 10.5. The van der Waals surface area contributed by atoms with E-state index in [0.29, 0.717) is 18.1 Å². The lowest BCUT2D eigenvalue weighted by atomic mass is 10.1. The number of hydrogen-bond acceptors (Lipinski definition) is 4. The van der Waals surface area contributed by atoms with Gasteiger partial charge in [-0.05, 0) is 25.0 Å². The molecule has 0 aromatic carbocycles. The van der Waals surface area contributed by atoms with Crippen molar-refractivity contribution in [3.63, 3.8) is 0 Å². The largest absolute Gasteiger partial charge is 0.462 e. The minimum absolute atomic E-state index is 0.000881. The van der Waals surface area contributed by atoms with Gasteiger partial charge in [-0.2, -0.15) is 0 Å². The van der Waals surface area contributed by atoms with Gasteiger partial charge in [0, 0.05) is 6.54 Å². The number of fused-ring (bicyclic) bond motifs is 1. The molecule has 2 aliphatic rings. The van der Waals surface area contributed by atoms with Crippen molar-refractivity contribution in [2.24, 2.45) is 0 Å². The van der Waals surface area contributed by atoms with Gasteiger partial charge in [-0.1, -0.05) is 0 Å². The van der Waals surface area contributed by atoms with Gasteiger partial charge in [-0.15, -0.1) is 0 Å². The molecule has 1 aromatic rings. The zero-order valence-corrected chi connectivity index (χ0v) is 10.5. The van der Waals surface area contributed by atoms with Crippen molar-refractivity contribution in [2.75, 3.05) is 13.1 Å². The van der Waals surface area contributed by atoms with E-state index in [1.165, 1.54) is 4.90 Å². The molecule has 2 saturated heterocycles. The van der Waals surface area contributed by atoms with E-state index in [4.69, 9.17) is 9.52 Å². The molecule has 1 N–H and O–H groups in total. The van der Waals surface area contributed by atoms with E-state index in [2.05, 4.69) is 0 Å². The van der Waals surface area contributed by atoms with Crippen LogP contribution in [0, 0.1) is 0 Å². The molecule has 1 unspecified atom stereocenters. The Morgan fingerprint density at radius 2 is 2.11 bits per heavy atom. The van der Waals surface area contributed by atoms with E-state index in [1.54, 1.807) is 17.0 Å². The molecule has 0 spiro atoms. The minimum Gasteiger partial charge on any atom is -0.462 e. The maximum atomic E-state index is 12.3. The third kappa shape index (κ3) is 2.12. The predicted molar refractivity (Wildman–Crippen MR) is 64.8 cm³/mol. The van der Waals surface area contributed by atoms with Crippen LogP contribution in [0.3, 0.4) is 0 Å². The van der Waals surface area contributed by atoms with Gasteiger partial charge in [0.2, 0.25) is 11.8 Å². The maximum Gasteiger partial charge on any atom is 0.246 e. The fourth-order valence-electron chi connectivity index (χ4n) is 2.78. The maximum absolute atomic E-state index is 12.3. The van der Waals surface area contributed by atoms with Gasteiger partial charge in [0.05, 0.1) is 6.54 Å². The summed E-state index contributed by atoms with van der Waals surface area (Å²) in [6.07, 6.45) is 1.65. The van der Waals surface area contributed by atoms with Crippen molar-refractivity contribution in [3.8, 4) is 0 Å². The first kappa shape index (κ1) is 12.2. The highest BCUT2D eigenvalue weighted by molar-refractivity contribution is 5.95. The molecule has 0 bridgehead atoms.